The fraction of sp³-hybridized carbons (Fsp3) is 0.706. The van der Waals surface area contributed by atoms with Crippen LogP contribution in [0.4, 0.5) is 0 Å². The van der Waals surface area contributed by atoms with E-state index in [0.29, 0.717) is 5.92 Å². The molecular formula is C17H24N2. The van der Waals surface area contributed by atoms with Gasteiger partial charge in [-0.2, -0.15) is 0 Å². The predicted molar refractivity (Wildman–Crippen MR) is 76.6 cm³/mol. The van der Waals surface area contributed by atoms with Crippen LogP contribution in [0, 0.1) is 29.6 Å². The highest BCUT2D eigenvalue weighted by Gasteiger charge is 2.50. The van der Waals surface area contributed by atoms with Gasteiger partial charge < -0.3 is 5.73 Å². The maximum Gasteiger partial charge on any atom is 0.0270 e. The zero-order valence-electron chi connectivity index (χ0n) is 11.5. The van der Waals surface area contributed by atoms with Crippen molar-refractivity contribution in [2.75, 3.05) is 6.54 Å². The summed E-state index contributed by atoms with van der Waals surface area (Å²) in [5, 5.41) is 0. The van der Waals surface area contributed by atoms with Crippen LogP contribution in [0.15, 0.2) is 24.5 Å². The molecule has 0 aromatic carbocycles. The van der Waals surface area contributed by atoms with Crippen molar-refractivity contribution in [1.82, 2.24) is 4.98 Å². The Morgan fingerprint density at radius 2 is 1.58 bits per heavy atom. The molecule has 4 aliphatic rings. The smallest absolute Gasteiger partial charge is 0.0270 e. The van der Waals surface area contributed by atoms with Crippen LogP contribution in [-0.2, 0) is 0 Å². The lowest BCUT2D eigenvalue weighted by atomic mass is 9.49. The van der Waals surface area contributed by atoms with Crippen molar-refractivity contribution in [2.45, 2.75) is 38.0 Å². The molecule has 0 amide bonds. The molecule has 1 heterocycles. The Morgan fingerprint density at radius 3 is 2.11 bits per heavy atom. The fourth-order valence-electron chi connectivity index (χ4n) is 5.75. The molecule has 102 valence electrons. The molecule has 1 atom stereocenters. The van der Waals surface area contributed by atoms with Crippen LogP contribution < -0.4 is 5.73 Å². The minimum absolute atomic E-state index is 0.568. The average Bonchev–Trinajstić information content (AvgIpc) is 2.43. The number of nitrogens with zero attached hydrogens (tertiary/aromatic N) is 1. The first kappa shape index (κ1) is 11.9. The molecule has 4 aliphatic carbocycles. The van der Waals surface area contributed by atoms with Gasteiger partial charge >= 0.3 is 0 Å². The lowest BCUT2D eigenvalue weighted by Gasteiger charge is -2.56. The van der Waals surface area contributed by atoms with E-state index >= 15 is 0 Å². The van der Waals surface area contributed by atoms with Gasteiger partial charge in [-0.05, 0) is 91.9 Å². The Labute approximate surface area is 115 Å². The number of hydrogen-bond acceptors (Lipinski definition) is 2. The van der Waals surface area contributed by atoms with Gasteiger partial charge in [-0.15, -0.1) is 0 Å². The van der Waals surface area contributed by atoms with E-state index < -0.39 is 0 Å². The zero-order chi connectivity index (χ0) is 12.8. The fourth-order valence-corrected chi connectivity index (χ4v) is 5.75. The molecule has 0 aliphatic heterocycles. The Bertz CT molecular complexity index is 414. The number of pyridine rings is 1. The lowest BCUT2D eigenvalue weighted by molar-refractivity contribution is -0.0467. The predicted octanol–water partition coefficient (Wildman–Crippen LogP) is 3.20. The van der Waals surface area contributed by atoms with Crippen molar-refractivity contribution in [3.05, 3.63) is 30.1 Å². The molecule has 0 saturated heterocycles. The highest BCUT2D eigenvalue weighted by atomic mass is 14.6. The summed E-state index contributed by atoms with van der Waals surface area (Å²) in [5.41, 5.74) is 7.59. The quantitative estimate of drug-likeness (QED) is 0.902. The monoisotopic (exact) mass is 256 g/mol. The minimum atomic E-state index is 0.568. The van der Waals surface area contributed by atoms with Gasteiger partial charge in [-0.3, -0.25) is 4.98 Å². The first-order chi connectivity index (χ1) is 9.35. The Morgan fingerprint density at radius 1 is 1.00 bits per heavy atom. The van der Waals surface area contributed by atoms with Gasteiger partial charge in [0, 0.05) is 12.4 Å². The first-order valence-electron chi connectivity index (χ1n) is 7.95. The maximum atomic E-state index is 6.16. The van der Waals surface area contributed by atoms with Crippen molar-refractivity contribution in [2.24, 2.45) is 35.3 Å². The molecule has 5 rings (SSSR count). The van der Waals surface area contributed by atoms with Gasteiger partial charge in [0.05, 0.1) is 0 Å². The van der Waals surface area contributed by atoms with E-state index in [1.165, 1.54) is 37.7 Å². The largest absolute Gasteiger partial charge is 0.330 e. The number of nitrogens with two attached hydrogens (primary N) is 1. The highest BCUT2D eigenvalue weighted by Crippen LogP contribution is 2.59. The third-order valence-electron chi connectivity index (χ3n) is 6.15. The SMILES string of the molecule is NCC(c1ccncc1)C1C2CC3CC(C2)CC1C3. The molecule has 0 radical (unpaired) electrons. The van der Waals surface area contributed by atoms with E-state index in [9.17, 15) is 0 Å². The van der Waals surface area contributed by atoms with Crippen LogP contribution >= 0.6 is 0 Å². The van der Waals surface area contributed by atoms with E-state index in [-0.39, 0.29) is 0 Å². The van der Waals surface area contributed by atoms with E-state index in [2.05, 4.69) is 17.1 Å². The molecule has 2 N–H and O–H groups in total. The average molecular weight is 256 g/mol. The molecule has 1 unspecified atom stereocenters. The third kappa shape index (κ3) is 1.92. The Balaban J connectivity index is 1.64. The number of hydrogen-bond donors (Lipinski definition) is 1. The molecular weight excluding hydrogens is 232 g/mol. The third-order valence-corrected chi connectivity index (χ3v) is 6.15. The summed E-state index contributed by atoms with van der Waals surface area (Å²) in [4.78, 5) is 4.16. The summed E-state index contributed by atoms with van der Waals surface area (Å²) in [6.45, 7) is 0.803. The van der Waals surface area contributed by atoms with Gasteiger partial charge in [0.25, 0.3) is 0 Å². The molecule has 19 heavy (non-hydrogen) atoms. The van der Waals surface area contributed by atoms with Crippen LogP contribution in [0.1, 0.15) is 43.6 Å². The molecule has 4 saturated carbocycles. The van der Waals surface area contributed by atoms with E-state index in [1.807, 2.05) is 12.4 Å². The van der Waals surface area contributed by atoms with Crippen LogP contribution in [0.2, 0.25) is 0 Å². The van der Waals surface area contributed by atoms with Crippen molar-refractivity contribution >= 4 is 0 Å². The van der Waals surface area contributed by atoms with E-state index in [0.717, 1.165) is 36.1 Å². The summed E-state index contributed by atoms with van der Waals surface area (Å²) < 4.78 is 0. The van der Waals surface area contributed by atoms with Gasteiger partial charge in [-0.25, -0.2) is 0 Å². The number of aromatic nitrogens is 1. The van der Waals surface area contributed by atoms with Gasteiger partial charge in [-0.1, -0.05) is 0 Å². The summed E-state index contributed by atoms with van der Waals surface area (Å²) in [5.74, 6) is 5.43. The second-order valence-corrected chi connectivity index (χ2v) is 7.13. The maximum absolute atomic E-state index is 6.16. The standard InChI is InChI=1S/C17H24N2/c18-10-16(13-1-3-19-4-2-13)17-14-6-11-5-12(8-14)9-15(17)7-11/h1-4,11-12,14-17H,5-10,18H2. The Kier molecular flexibility index (Phi) is 2.87. The van der Waals surface area contributed by atoms with Crippen molar-refractivity contribution < 1.29 is 0 Å². The van der Waals surface area contributed by atoms with Crippen molar-refractivity contribution in [3.8, 4) is 0 Å². The topological polar surface area (TPSA) is 38.9 Å². The van der Waals surface area contributed by atoms with Crippen molar-refractivity contribution in [3.63, 3.8) is 0 Å². The summed E-state index contributed by atoms with van der Waals surface area (Å²) >= 11 is 0. The molecule has 2 heteroatoms. The van der Waals surface area contributed by atoms with E-state index in [1.54, 1.807) is 0 Å². The summed E-state index contributed by atoms with van der Waals surface area (Å²) in [6.07, 6.45) is 11.3. The molecule has 1 aromatic rings. The van der Waals surface area contributed by atoms with Crippen molar-refractivity contribution in [1.29, 1.82) is 0 Å². The summed E-state index contributed by atoms with van der Waals surface area (Å²) in [7, 11) is 0. The van der Waals surface area contributed by atoms with Gasteiger partial charge in [0.1, 0.15) is 0 Å². The van der Waals surface area contributed by atoms with Crippen LogP contribution in [-0.4, -0.2) is 11.5 Å². The Hall–Kier alpha value is -0.890. The van der Waals surface area contributed by atoms with Crippen LogP contribution in [0.25, 0.3) is 0 Å². The molecule has 0 spiro atoms. The zero-order valence-corrected chi connectivity index (χ0v) is 11.5. The minimum Gasteiger partial charge on any atom is -0.330 e. The molecule has 4 bridgehead atoms. The van der Waals surface area contributed by atoms with Crippen LogP contribution in [0.5, 0.6) is 0 Å². The van der Waals surface area contributed by atoms with E-state index in [4.69, 9.17) is 5.73 Å². The second kappa shape index (κ2) is 4.59. The molecule has 2 nitrogen and oxygen atoms in total. The van der Waals surface area contributed by atoms with Gasteiger partial charge in [0.15, 0.2) is 0 Å². The lowest BCUT2D eigenvalue weighted by Crippen LogP contribution is -2.48. The van der Waals surface area contributed by atoms with Gasteiger partial charge in [0.2, 0.25) is 0 Å². The van der Waals surface area contributed by atoms with Crippen LogP contribution in [0.3, 0.4) is 0 Å². The molecule has 1 aromatic heterocycles. The number of rotatable bonds is 3. The summed E-state index contributed by atoms with van der Waals surface area (Å²) in [6, 6.07) is 4.37. The highest BCUT2D eigenvalue weighted by molar-refractivity contribution is 5.19. The first-order valence-corrected chi connectivity index (χ1v) is 7.95. The normalized spacial score (nSPS) is 41.4. The molecule has 4 fully saturated rings. The second-order valence-electron chi connectivity index (χ2n) is 7.13.